The number of hydrogen-bond acceptors (Lipinski definition) is 5. The van der Waals surface area contributed by atoms with Gasteiger partial charge in [-0.25, -0.2) is 14.4 Å². The van der Waals surface area contributed by atoms with Crippen LogP contribution in [0.5, 0.6) is 0 Å². The van der Waals surface area contributed by atoms with Gasteiger partial charge >= 0.3 is 0 Å². The second-order valence-electron chi connectivity index (χ2n) is 6.73. The van der Waals surface area contributed by atoms with Gasteiger partial charge in [-0.3, -0.25) is 4.90 Å². The topological polar surface area (TPSA) is 52.5 Å². The molecule has 0 saturated carbocycles. The molecule has 3 rings (SSSR count). The molecule has 2 aromatic rings. The number of aliphatic hydroxyl groups is 1. The summed E-state index contributed by atoms with van der Waals surface area (Å²) in [6.45, 7) is 2.20. The standard InChI is InChI=1S/C19H25FN4O/c1-23(13-18(25)15-6-3-2-4-7-15)12-17-10-16(20)11-24(17)14-19-21-8-5-9-22-19/h2-9,16-18,25H,10-14H2,1H3/t16-,17-,18?/m0/s1. The Hall–Kier alpha value is -1.89. The minimum absolute atomic E-state index is 0.103. The molecule has 0 radical (unpaired) electrons. The van der Waals surface area contributed by atoms with E-state index in [4.69, 9.17) is 0 Å². The third-order valence-corrected chi connectivity index (χ3v) is 4.63. The molecule has 5 nitrogen and oxygen atoms in total. The molecule has 3 atom stereocenters. The summed E-state index contributed by atoms with van der Waals surface area (Å²) < 4.78 is 14.0. The van der Waals surface area contributed by atoms with E-state index in [9.17, 15) is 9.50 Å². The van der Waals surface area contributed by atoms with Crippen molar-refractivity contribution in [1.29, 1.82) is 0 Å². The van der Waals surface area contributed by atoms with E-state index in [-0.39, 0.29) is 6.04 Å². The van der Waals surface area contributed by atoms with E-state index in [0.717, 1.165) is 5.56 Å². The molecular weight excluding hydrogens is 319 g/mol. The first-order valence-electron chi connectivity index (χ1n) is 8.67. The Kier molecular flexibility index (Phi) is 6.07. The first kappa shape index (κ1) is 17.9. The molecule has 0 spiro atoms. The van der Waals surface area contributed by atoms with Gasteiger partial charge in [0.25, 0.3) is 0 Å². The van der Waals surface area contributed by atoms with Crippen molar-refractivity contribution in [1.82, 2.24) is 19.8 Å². The second-order valence-corrected chi connectivity index (χ2v) is 6.73. The molecule has 1 aliphatic heterocycles. The fraction of sp³-hybridized carbons (Fsp3) is 0.474. The monoisotopic (exact) mass is 344 g/mol. The molecule has 1 fully saturated rings. The van der Waals surface area contributed by atoms with Gasteiger partial charge in [0.05, 0.1) is 12.6 Å². The summed E-state index contributed by atoms with van der Waals surface area (Å²) in [4.78, 5) is 12.7. The zero-order chi connectivity index (χ0) is 17.6. The van der Waals surface area contributed by atoms with Gasteiger partial charge in [0.1, 0.15) is 12.0 Å². The highest BCUT2D eigenvalue weighted by molar-refractivity contribution is 5.17. The molecule has 2 heterocycles. The predicted molar refractivity (Wildman–Crippen MR) is 94.6 cm³/mol. The van der Waals surface area contributed by atoms with Crippen molar-refractivity contribution in [2.45, 2.75) is 31.3 Å². The van der Waals surface area contributed by atoms with Gasteiger partial charge in [0.2, 0.25) is 0 Å². The number of aliphatic hydroxyl groups excluding tert-OH is 1. The zero-order valence-corrected chi connectivity index (χ0v) is 14.5. The summed E-state index contributed by atoms with van der Waals surface area (Å²) in [5.41, 5.74) is 0.902. The summed E-state index contributed by atoms with van der Waals surface area (Å²) >= 11 is 0. The van der Waals surface area contributed by atoms with Crippen LogP contribution in [0.25, 0.3) is 0 Å². The van der Waals surface area contributed by atoms with E-state index < -0.39 is 12.3 Å². The van der Waals surface area contributed by atoms with Crippen molar-refractivity contribution in [3.8, 4) is 0 Å². The zero-order valence-electron chi connectivity index (χ0n) is 14.5. The summed E-state index contributed by atoms with van der Waals surface area (Å²) in [6.07, 6.45) is 2.57. The maximum absolute atomic E-state index is 14.0. The van der Waals surface area contributed by atoms with Gasteiger partial charge in [0.15, 0.2) is 0 Å². The Balaban J connectivity index is 1.56. The Morgan fingerprint density at radius 1 is 1.24 bits per heavy atom. The number of benzene rings is 1. The highest BCUT2D eigenvalue weighted by atomic mass is 19.1. The van der Waals surface area contributed by atoms with Crippen LogP contribution in [0.15, 0.2) is 48.8 Å². The van der Waals surface area contributed by atoms with E-state index in [1.807, 2.05) is 37.4 Å². The van der Waals surface area contributed by atoms with E-state index in [1.165, 1.54) is 0 Å². The third-order valence-electron chi connectivity index (χ3n) is 4.63. The maximum Gasteiger partial charge on any atom is 0.142 e. The fourth-order valence-corrected chi connectivity index (χ4v) is 3.41. The van der Waals surface area contributed by atoms with Crippen LogP contribution < -0.4 is 0 Å². The summed E-state index contributed by atoms with van der Waals surface area (Å²) in [5, 5.41) is 10.4. The molecule has 0 aliphatic carbocycles. The number of nitrogens with zero attached hydrogens (tertiary/aromatic N) is 4. The van der Waals surface area contributed by atoms with Crippen molar-refractivity contribution in [2.24, 2.45) is 0 Å². The van der Waals surface area contributed by atoms with Crippen LogP contribution in [0.2, 0.25) is 0 Å². The molecule has 25 heavy (non-hydrogen) atoms. The smallest absolute Gasteiger partial charge is 0.142 e. The van der Waals surface area contributed by atoms with Gasteiger partial charge < -0.3 is 10.0 Å². The lowest BCUT2D eigenvalue weighted by molar-refractivity contribution is 0.106. The van der Waals surface area contributed by atoms with Crippen molar-refractivity contribution >= 4 is 0 Å². The van der Waals surface area contributed by atoms with Crippen molar-refractivity contribution in [3.63, 3.8) is 0 Å². The van der Waals surface area contributed by atoms with E-state index in [1.54, 1.807) is 18.5 Å². The van der Waals surface area contributed by atoms with Crippen LogP contribution in [-0.4, -0.2) is 63.8 Å². The molecule has 1 saturated heterocycles. The van der Waals surface area contributed by atoms with E-state index in [2.05, 4.69) is 19.8 Å². The Morgan fingerprint density at radius 3 is 2.68 bits per heavy atom. The van der Waals surface area contributed by atoms with Gasteiger partial charge in [-0.05, 0) is 25.1 Å². The minimum atomic E-state index is -0.818. The summed E-state index contributed by atoms with van der Waals surface area (Å²) in [6, 6.07) is 11.5. The SMILES string of the molecule is CN(CC(O)c1ccccc1)C[C@@H]1C[C@H](F)CN1Cc1ncccn1. The molecule has 1 unspecified atom stereocenters. The molecule has 134 valence electrons. The number of likely N-dealkylation sites (N-methyl/N-ethyl adjacent to an activating group) is 1. The predicted octanol–water partition coefficient (Wildman–Crippen LogP) is 2.05. The Bertz CT molecular complexity index is 642. The van der Waals surface area contributed by atoms with Crippen molar-refractivity contribution in [2.75, 3.05) is 26.7 Å². The van der Waals surface area contributed by atoms with Crippen LogP contribution in [0.3, 0.4) is 0 Å². The molecule has 1 aromatic heterocycles. The lowest BCUT2D eigenvalue weighted by atomic mass is 10.1. The van der Waals surface area contributed by atoms with E-state index >= 15 is 0 Å². The summed E-state index contributed by atoms with van der Waals surface area (Å²) in [5.74, 6) is 0.716. The molecule has 1 N–H and O–H groups in total. The largest absolute Gasteiger partial charge is 0.387 e. The second kappa shape index (κ2) is 8.47. The maximum atomic E-state index is 14.0. The van der Waals surface area contributed by atoms with Crippen LogP contribution in [0.4, 0.5) is 4.39 Å². The molecule has 0 amide bonds. The lowest BCUT2D eigenvalue weighted by Crippen LogP contribution is -2.40. The van der Waals surface area contributed by atoms with Gasteiger partial charge in [-0.1, -0.05) is 30.3 Å². The molecule has 0 bridgehead atoms. The number of halogens is 1. The van der Waals surface area contributed by atoms with Crippen LogP contribution >= 0.6 is 0 Å². The van der Waals surface area contributed by atoms with E-state index in [0.29, 0.717) is 38.4 Å². The first-order valence-corrected chi connectivity index (χ1v) is 8.67. The number of alkyl halides is 1. The van der Waals surface area contributed by atoms with Crippen molar-refractivity contribution < 1.29 is 9.50 Å². The molecule has 1 aromatic carbocycles. The quantitative estimate of drug-likeness (QED) is 0.833. The number of rotatable bonds is 7. The van der Waals surface area contributed by atoms with Crippen LogP contribution in [0, 0.1) is 0 Å². The van der Waals surface area contributed by atoms with Gasteiger partial charge in [-0.15, -0.1) is 0 Å². The highest BCUT2D eigenvalue weighted by Crippen LogP contribution is 2.23. The van der Waals surface area contributed by atoms with Crippen molar-refractivity contribution in [3.05, 3.63) is 60.2 Å². The van der Waals surface area contributed by atoms with Crippen LogP contribution in [0.1, 0.15) is 23.9 Å². The molecule has 1 aliphatic rings. The Labute approximate surface area is 148 Å². The third kappa shape index (κ3) is 5.04. The lowest BCUT2D eigenvalue weighted by Gasteiger charge is -2.29. The number of likely N-dealkylation sites (tertiary alicyclic amines) is 1. The number of aromatic nitrogens is 2. The average molecular weight is 344 g/mol. The normalized spacial score (nSPS) is 22.4. The average Bonchev–Trinajstić information content (AvgIpc) is 2.95. The molecular formula is C19H25FN4O. The van der Waals surface area contributed by atoms with Crippen LogP contribution in [-0.2, 0) is 6.54 Å². The Morgan fingerprint density at radius 2 is 1.96 bits per heavy atom. The molecule has 6 heteroatoms. The highest BCUT2D eigenvalue weighted by Gasteiger charge is 2.33. The van der Waals surface area contributed by atoms with Gasteiger partial charge in [0, 0.05) is 38.1 Å². The van der Waals surface area contributed by atoms with Gasteiger partial charge in [-0.2, -0.15) is 0 Å². The first-order chi connectivity index (χ1) is 12.1. The fourth-order valence-electron chi connectivity index (χ4n) is 3.41. The number of hydrogen-bond donors (Lipinski definition) is 1. The minimum Gasteiger partial charge on any atom is -0.387 e. The summed E-state index contributed by atoms with van der Waals surface area (Å²) in [7, 11) is 1.97.